The number of fused-ring (bicyclic) bond motifs is 1. The fourth-order valence-electron chi connectivity index (χ4n) is 3.32. The number of benzene rings is 1. The van der Waals surface area contributed by atoms with Crippen molar-refractivity contribution in [3.63, 3.8) is 0 Å². The number of ether oxygens (including phenoxy) is 1. The molecule has 0 atom stereocenters. The van der Waals surface area contributed by atoms with Crippen molar-refractivity contribution in [1.82, 2.24) is 19.7 Å². The minimum atomic E-state index is -0.318. The molecular formula is C21H18FN5O. The van der Waals surface area contributed by atoms with E-state index in [4.69, 9.17) is 10.5 Å². The SMILES string of the molecule is NCc1cc2c(F)c(-c3cccc(-c4cnn(C5COC5)c4)n3)ccc2cn1. The zero-order valence-corrected chi connectivity index (χ0v) is 15.0. The number of hydrogen-bond donors (Lipinski definition) is 1. The van der Waals surface area contributed by atoms with Crippen molar-refractivity contribution < 1.29 is 9.13 Å². The Morgan fingerprint density at radius 3 is 2.79 bits per heavy atom. The van der Waals surface area contributed by atoms with Crippen LogP contribution < -0.4 is 5.73 Å². The Bertz CT molecular complexity index is 1170. The van der Waals surface area contributed by atoms with E-state index < -0.39 is 0 Å². The van der Waals surface area contributed by atoms with Crippen LogP contribution in [0.2, 0.25) is 0 Å². The highest BCUT2D eigenvalue weighted by atomic mass is 19.1. The predicted octanol–water partition coefficient (Wildman–Crippen LogP) is 3.33. The van der Waals surface area contributed by atoms with Crippen LogP contribution in [0.15, 0.2) is 55.0 Å². The smallest absolute Gasteiger partial charge is 0.140 e. The van der Waals surface area contributed by atoms with Crippen molar-refractivity contribution in [2.75, 3.05) is 13.2 Å². The number of rotatable bonds is 4. The second kappa shape index (κ2) is 6.78. The van der Waals surface area contributed by atoms with Crippen LogP contribution in [0.3, 0.4) is 0 Å². The van der Waals surface area contributed by atoms with Gasteiger partial charge in [0.25, 0.3) is 0 Å². The molecule has 1 aromatic carbocycles. The zero-order valence-electron chi connectivity index (χ0n) is 15.0. The fraction of sp³-hybridized carbons (Fsp3) is 0.190. The molecule has 0 amide bonds. The molecule has 0 aliphatic carbocycles. The molecule has 4 heterocycles. The first-order valence-corrected chi connectivity index (χ1v) is 9.10. The van der Waals surface area contributed by atoms with Gasteiger partial charge in [-0.15, -0.1) is 0 Å². The Kier molecular flexibility index (Phi) is 4.11. The third kappa shape index (κ3) is 2.85. The largest absolute Gasteiger partial charge is 0.377 e. The Balaban J connectivity index is 1.55. The van der Waals surface area contributed by atoms with Gasteiger partial charge in [0.2, 0.25) is 0 Å². The topological polar surface area (TPSA) is 78.8 Å². The third-order valence-corrected chi connectivity index (χ3v) is 5.02. The Morgan fingerprint density at radius 2 is 2.00 bits per heavy atom. The van der Waals surface area contributed by atoms with Crippen LogP contribution in [0.5, 0.6) is 0 Å². The maximum absolute atomic E-state index is 15.2. The van der Waals surface area contributed by atoms with E-state index in [0.29, 0.717) is 35.6 Å². The number of nitrogens with zero attached hydrogens (tertiary/aromatic N) is 4. The molecule has 7 heteroatoms. The van der Waals surface area contributed by atoms with Crippen molar-refractivity contribution in [3.8, 4) is 22.5 Å². The van der Waals surface area contributed by atoms with Crippen LogP contribution in [0.25, 0.3) is 33.3 Å². The van der Waals surface area contributed by atoms with Gasteiger partial charge >= 0.3 is 0 Å². The van der Waals surface area contributed by atoms with Gasteiger partial charge in [-0.05, 0) is 24.3 Å². The van der Waals surface area contributed by atoms with Crippen LogP contribution in [0.4, 0.5) is 4.39 Å². The lowest BCUT2D eigenvalue weighted by atomic mass is 10.0. The maximum atomic E-state index is 15.2. The van der Waals surface area contributed by atoms with Crippen LogP contribution in [0, 0.1) is 5.82 Å². The van der Waals surface area contributed by atoms with E-state index in [1.165, 1.54) is 0 Å². The third-order valence-electron chi connectivity index (χ3n) is 5.02. The summed E-state index contributed by atoms with van der Waals surface area (Å²) < 4.78 is 22.3. The van der Waals surface area contributed by atoms with Crippen LogP contribution >= 0.6 is 0 Å². The molecule has 0 bridgehead atoms. The van der Waals surface area contributed by atoms with E-state index in [-0.39, 0.29) is 18.4 Å². The van der Waals surface area contributed by atoms with Crippen molar-refractivity contribution >= 4 is 10.8 Å². The molecule has 0 unspecified atom stereocenters. The molecule has 2 N–H and O–H groups in total. The minimum Gasteiger partial charge on any atom is -0.377 e. The average Bonchev–Trinajstić information content (AvgIpc) is 3.16. The van der Waals surface area contributed by atoms with Crippen LogP contribution in [-0.2, 0) is 11.3 Å². The second-order valence-electron chi connectivity index (χ2n) is 6.84. The highest BCUT2D eigenvalue weighted by Gasteiger charge is 2.21. The molecule has 4 aromatic rings. The monoisotopic (exact) mass is 375 g/mol. The van der Waals surface area contributed by atoms with Gasteiger partial charge in [-0.3, -0.25) is 9.67 Å². The Labute approximate surface area is 160 Å². The standard InChI is InChI=1S/C21H18FN5O/c22-21-17(5-4-13-8-24-15(7-23)6-18(13)21)20-3-1-2-19(26-20)14-9-25-27(10-14)16-11-28-12-16/h1-6,8-10,16H,7,11-12,23H2. The lowest BCUT2D eigenvalue weighted by Crippen LogP contribution is -2.30. The number of hydrogen-bond acceptors (Lipinski definition) is 5. The summed E-state index contributed by atoms with van der Waals surface area (Å²) in [7, 11) is 0. The summed E-state index contributed by atoms with van der Waals surface area (Å²) in [5.41, 5.74) is 8.96. The van der Waals surface area contributed by atoms with Gasteiger partial charge in [0, 0.05) is 40.8 Å². The molecule has 1 fully saturated rings. The summed E-state index contributed by atoms with van der Waals surface area (Å²) in [6.07, 6.45) is 5.38. The zero-order chi connectivity index (χ0) is 19.1. The number of pyridine rings is 2. The summed E-state index contributed by atoms with van der Waals surface area (Å²) in [6.45, 7) is 1.62. The van der Waals surface area contributed by atoms with Crippen LogP contribution in [0.1, 0.15) is 11.7 Å². The molecule has 0 spiro atoms. The van der Waals surface area contributed by atoms with E-state index in [1.54, 1.807) is 24.5 Å². The Morgan fingerprint density at radius 1 is 1.14 bits per heavy atom. The molecule has 140 valence electrons. The first-order valence-electron chi connectivity index (χ1n) is 9.10. The predicted molar refractivity (Wildman–Crippen MR) is 104 cm³/mol. The average molecular weight is 375 g/mol. The van der Waals surface area contributed by atoms with Crippen molar-refractivity contribution in [2.24, 2.45) is 5.73 Å². The Hall–Kier alpha value is -3.16. The van der Waals surface area contributed by atoms with Gasteiger partial charge in [-0.1, -0.05) is 12.1 Å². The molecule has 1 saturated heterocycles. The van der Waals surface area contributed by atoms with E-state index in [1.807, 2.05) is 35.1 Å². The molecule has 28 heavy (non-hydrogen) atoms. The quantitative estimate of drug-likeness (QED) is 0.592. The minimum absolute atomic E-state index is 0.267. The maximum Gasteiger partial charge on any atom is 0.140 e. The second-order valence-corrected chi connectivity index (χ2v) is 6.84. The fourth-order valence-corrected chi connectivity index (χ4v) is 3.32. The van der Waals surface area contributed by atoms with Crippen molar-refractivity contribution in [2.45, 2.75) is 12.6 Å². The molecule has 0 radical (unpaired) electrons. The molecule has 1 aliphatic heterocycles. The van der Waals surface area contributed by atoms with Gasteiger partial charge in [0.1, 0.15) is 5.82 Å². The summed E-state index contributed by atoms with van der Waals surface area (Å²) >= 11 is 0. The summed E-state index contributed by atoms with van der Waals surface area (Å²) in [5, 5.41) is 5.63. The van der Waals surface area contributed by atoms with Gasteiger partial charge in [-0.2, -0.15) is 5.10 Å². The van der Waals surface area contributed by atoms with E-state index in [9.17, 15) is 0 Å². The first-order chi connectivity index (χ1) is 13.7. The van der Waals surface area contributed by atoms with E-state index in [0.717, 1.165) is 16.6 Å². The molecular weight excluding hydrogens is 357 g/mol. The summed E-state index contributed by atoms with van der Waals surface area (Å²) in [6, 6.07) is 11.2. The van der Waals surface area contributed by atoms with Crippen molar-refractivity contribution in [1.29, 1.82) is 0 Å². The molecule has 3 aromatic heterocycles. The molecule has 1 aliphatic rings. The number of aromatic nitrogens is 4. The molecule has 5 rings (SSSR count). The lowest BCUT2D eigenvalue weighted by Gasteiger charge is -2.25. The van der Waals surface area contributed by atoms with Crippen molar-refractivity contribution in [3.05, 3.63) is 66.5 Å². The van der Waals surface area contributed by atoms with Gasteiger partial charge in [-0.25, -0.2) is 9.37 Å². The van der Waals surface area contributed by atoms with Gasteiger partial charge < -0.3 is 10.5 Å². The highest BCUT2D eigenvalue weighted by Crippen LogP contribution is 2.30. The van der Waals surface area contributed by atoms with E-state index >= 15 is 4.39 Å². The molecule has 0 saturated carbocycles. The van der Waals surface area contributed by atoms with Gasteiger partial charge in [0.05, 0.1) is 42.5 Å². The van der Waals surface area contributed by atoms with Crippen LogP contribution in [-0.4, -0.2) is 33.0 Å². The molecule has 6 nitrogen and oxygen atoms in total. The normalized spacial score (nSPS) is 14.4. The summed E-state index contributed by atoms with van der Waals surface area (Å²) in [4.78, 5) is 8.90. The van der Waals surface area contributed by atoms with Gasteiger partial charge in [0.15, 0.2) is 0 Å². The lowest BCUT2D eigenvalue weighted by molar-refractivity contribution is -0.0286. The first kappa shape index (κ1) is 17.0. The summed E-state index contributed by atoms with van der Waals surface area (Å²) in [5.74, 6) is -0.318. The number of halogens is 1. The highest BCUT2D eigenvalue weighted by molar-refractivity contribution is 5.87. The van der Waals surface area contributed by atoms with E-state index in [2.05, 4.69) is 15.1 Å². The number of nitrogens with two attached hydrogens (primary N) is 1.